The molecule has 1 aromatic carbocycles. The number of nitrogens with one attached hydrogen (secondary N) is 1. The van der Waals surface area contributed by atoms with E-state index in [9.17, 15) is 4.79 Å². The van der Waals surface area contributed by atoms with Crippen molar-refractivity contribution in [1.82, 2.24) is 10.2 Å². The molecule has 0 saturated heterocycles. The second kappa shape index (κ2) is 6.70. The van der Waals surface area contributed by atoms with E-state index < -0.39 is 0 Å². The number of anilines is 2. The van der Waals surface area contributed by atoms with E-state index in [0.29, 0.717) is 11.8 Å². The number of carbonyl (C=O) groups is 1. The van der Waals surface area contributed by atoms with Gasteiger partial charge in [-0.15, -0.1) is 10.2 Å². The van der Waals surface area contributed by atoms with Crippen LogP contribution in [0.1, 0.15) is 32.3 Å². The first-order valence-electron chi connectivity index (χ1n) is 8.76. The number of ketones is 1. The van der Waals surface area contributed by atoms with Crippen LogP contribution >= 0.6 is 23.1 Å². The number of benzene rings is 1. The minimum atomic E-state index is -0.171. The lowest BCUT2D eigenvalue weighted by atomic mass is 9.83. The third kappa shape index (κ3) is 3.38. The Labute approximate surface area is 161 Å². The van der Waals surface area contributed by atoms with E-state index in [1.165, 1.54) is 47.2 Å². The molecule has 0 radical (unpaired) electrons. The monoisotopic (exact) mass is 386 g/mol. The van der Waals surface area contributed by atoms with Crippen LogP contribution in [0.3, 0.4) is 0 Å². The Morgan fingerprint density at radius 2 is 2.15 bits per heavy atom. The Kier molecular flexibility index (Phi) is 4.52. The minimum absolute atomic E-state index is 0.102. The van der Waals surface area contributed by atoms with Crippen molar-refractivity contribution in [2.24, 2.45) is 0 Å². The summed E-state index contributed by atoms with van der Waals surface area (Å²) in [5.41, 5.74) is 3.30. The van der Waals surface area contributed by atoms with Gasteiger partial charge in [0.2, 0.25) is 5.13 Å². The highest BCUT2D eigenvalue weighted by Gasteiger charge is 2.38. The molecule has 0 spiro atoms. The highest BCUT2D eigenvalue weighted by Crippen LogP contribution is 2.46. The van der Waals surface area contributed by atoms with E-state index in [-0.39, 0.29) is 11.2 Å². The predicted octanol–water partition coefficient (Wildman–Crippen LogP) is 4.09. The van der Waals surface area contributed by atoms with Crippen LogP contribution in [0.25, 0.3) is 0 Å². The lowest BCUT2D eigenvalue weighted by molar-refractivity contribution is -0.112. The fourth-order valence-electron chi connectivity index (χ4n) is 3.31. The normalized spacial score (nSPS) is 19.7. The Hall–Kier alpha value is -1.86. The molecule has 2 aromatic rings. The average molecular weight is 387 g/mol. The Bertz CT molecular complexity index is 870. The van der Waals surface area contributed by atoms with E-state index in [1.54, 1.807) is 6.08 Å². The zero-order valence-corrected chi connectivity index (χ0v) is 16.8. The number of hydrogen-bond acceptors (Lipinski definition) is 7. The van der Waals surface area contributed by atoms with Crippen molar-refractivity contribution in [3.63, 3.8) is 0 Å². The zero-order chi connectivity index (χ0) is 18.3. The van der Waals surface area contributed by atoms with Gasteiger partial charge in [0.15, 0.2) is 10.1 Å². The summed E-state index contributed by atoms with van der Waals surface area (Å²) < 4.78 is 0.835. The van der Waals surface area contributed by atoms with Crippen LogP contribution in [0.15, 0.2) is 40.4 Å². The number of allylic oxidation sites excluding steroid dienone is 2. The van der Waals surface area contributed by atoms with Gasteiger partial charge in [0, 0.05) is 36.0 Å². The molecule has 1 saturated carbocycles. The molecule has 7 heteroatoms. The second-order valence-electron chi connectivity index (χ2n) is 7.28. The highest BCUT2D eigenvalue weighted by atomic mass is 32.2. The van der Waals surface area contributed by atoms with Gasteiger partial charge in [0.05, 0.1) is 5.75 Å². The van der Waals surface area contributed by atoms with Gasteiger partial charge in [-0.3, -0.25) is 4.79 Å². The van der Waals surface area contributed by atoms with E-state index in [4.69, 9.17) is 0 Å². The van der Waals surface area contributed by atoms with Gasteiger partial charge in [-0.2, -0.15) is 0 Å². The van der Waals surface area contributed by atoms with Gasteiger partial charge in [-0.1, -0.05) is 55.1 Å². The first-order valence-corrected chi connectivity index (χ1v) is 10.6. The van der Waals surface area contributed by atoms with Crippen LogP contribution in [0.2, 0.25) is 0 Å². The number of fused-ring (bicyclic) bond motifs is 1. The number of rotatable bonds is 6. The number of aromatic nitrogens is 2. The van der Waals surface area contributed by atoms with Crippen molar-refractivity contribution >= 4 is 39.7 Å². The summed E-state index contributed by atoms with van der Waals surface area (Å²) in [6.07, 6.45) is 4.21. The van der Waals surface area contributed by atoms with Crippen LogP contribution in [0.5, 0.6) is 0 Å². The number of carbonyl (C=O) groups excluding carboxylic acids is 1. The van der Waals surface area contributed by atoms with Crippen molar-refractivity contribution in [3.8, 4) is 0 Å². The maximum atomic E-state index is 12.6. The number of nitrogens with zero attached hydrogens (tertiary/aromatic N) is 3. The molecule has 2 aliphatic rings. The summed E-state index contributed by atoms with van der Waals surface area (Å²) in [5, 5.41) is 12.5. The molecule has 0 amide bonds. The summed E-state index contributed by atoms with van der Waals surface area (Å²) in [6, 6.07) is 8.90. The first kappa shape index (κ1) is 17.5. The topological polar surface area (TPSA) is 58.1 Å². The Morgan fingerprint density at radius 1 is 1.38 bits per heavy atom. The third-order valence-corrected chi connectivity index (χ3v) is 6.90. The summed E-state index contributed by atoms with van der Waals surface area (Å²) in [7, 11) is 2.03. The molecule has 0 unspecified atom stereocenters. The molecule has 4 rings (SSSR count). The standard InChI is InChI=1S/C19H22N4OS2/c1-19(2)14-6-4-5-7-15(14)23(3)16(19)10-13(24)11-25-18-22-21-17(26-18)20-12-8-9-12/h4-7,10,12H,8-9,11H2,1-3H3,(H,20,21)/b16-10-. The zero-order valence-electron chi connectivity index (χ0n) is 15.2. The quantitative estimate of drug-likeness (QED) is 0.596. The summed E-state index contributed by atoms with van der Waals surface area (Å²) in [5.74, 6) is 0.478. The summed E-state index contributed by atoms with van der Waals surface area (Å²) >= 11 is 2.98. The van der Waals surface area contributed by atoms with Gasteiger partial charge >= 0.3 is 0 Å². The van der Waals surface area contributed by atoms with Crippen LogP contribution in [0.4, 0.5) is 10.8 Å². The summed E-state index contributed by atoms with van der Waals surface area (Å²) in [4.78, 5) is 14.7. The fourth-order valence-corrected chi connectivity index (χ4v) is 4.97. The van der Waals surface area contributed by atoms with Crippen LogP contribution in [-0.4, -0.2) is 34.8 Å². The van der Waals surface area contributed by atoms with E-state index >= 15 is 0 Å². The molecular formula is C19H22N4OS2. The number of para-hydroxylation sites is 1. The van der Waals surface area contributed by atoms with Gasteiger partial charge < -0.3 is 10.2 Å². The van der Waals surface area contributed by atoms with Crippen LogP contribution in [0, 0.1) is 0 Å². The fraction of sp³-hybridized carbons (Fsp3) is 0.421. The molecule has 136 valence electrons. The van der Waals surface area contributed by atoms with Crippen molar-refractivity contribution in [2.45, 2.75) is 42.5 Å². The largest absolute Gasteiger partial charge is 0.357 e. The van der Waals surface area contributed by atoms with E-state index in [1.807, 2.05) is 13.1 Å². The molecule has 26 heavy (non-hydrogen) atoms. The van der Waals surface area contributed by atoms with Crippen molar-refractivity contribution in [1.29, 1.82) is 0 Å². The van der Waals surface area contributed by atoms with Gasteiger partial charge in [-0.05, 0) is 24.5 Å². The Balaban J connectivity index is 1.43. The van der Waals surface area contributed by atoms with E-state index in [0.717, 1.165) is 15.2 Å². The van der Waals surface area contributed by atoms with Crippen LogP contribution < -0.4 is 10.2 Å². The molecule has 2 heterocycles. The first-order chi connectivity index (χ1) is 12.4. The maximum absolute atomic E-state index is 12.6. The molecule has 1 aliphatic heterocycles. The van der Waals surface area contributed by atoms with Crippen molar-refractivity contribution < 1.29 is 4.79 Å². The number of likely N-dealkylation sites (N-methyl/N-ethyl adjacent to an activating group) is 1. The molecule has 0 atom stereocenters. The SMILES string of the molecule is CN1/C(=C\C(=O)CSc2nnc(NC3CC3)s2)C(C)(C)c2ccccc21. The van der Waals surface area contributed by atoms with Crippen molar-refractivity contribution in [2.75, 3.05) is 23.0 Å². The van der Waals surface area contributed by atoms with Crippen LogP contribution in [-0.2, 0) is 10.2 Å². The molecule has 1 aliphatic carbocycles. The number of thioether (sulfide) groups is 1. The molecule has 1 fully saturated rings. The van der Waals surface area contributed by atoms with E-state index in [2.05, 4.69) is 52.5 Å². The molecule has 1 aromatic heterocycles. The third-order valence-electron chi connectivity index (χ3n) is 4.89. The van der Waals surface area contributed by atoms with Gasteiger partial charge in [0.1, 0.15) is 0 Å². The highest BCUT2D eigenvalue weighted by molar-refractivity contribution is 8.01. The summed E-state index contributed by atoms with van der Waals surface area (Å²) in [6.45, 7) is 4.34. The second-order valence-corrected chi connectivity index (χ2v) is 9.48. The molecular weight excluding hydrogens is 364 g/mol. The van der Waals surface area contributed by atoms with Gasteiger partial charge in [-0.25, -0.2) is 0 Å². The van der Waals surface area contributed by atoms with Crippen molar-refractivity contribution in [3.05, 3.63) is 41.6 Å². The molecule has 0 bridgehead atoms. The average Bonchev–Trinajstić information content (AvgIpc) is 3.29. The maximum Gasteiger partial charge on any atom is 0.206 e. The Morgan fingerprint density at radius 3 is 2.88 bits per heavy atom. The predicted molar refractivity (Wildman–Crippen MR) is 108 cm³/mol. The smallest absolute Gasteiger partial charge is 0.206 e. The molecule has 5 nitrogen and oxygen atoms in total. The minimum Gasteiger partial charge on any atom is -0.357 e. The van der Waals surface area contributed by atoms with Gasteiger partial charge in [0.25, 0.3) is 0 Å². The lowest BCUT2D eigenvalue weighted by Crippen LogP contribution is -2.24. The lowest BCUT2D eigenvalue weighted by Gasteiger charge is -2.23. The number of hydrogen-bond donors (Lipinski definition) is 1. The molecule has 1 N–H and O–H groups in total.